The zero-order valence-electron chi connectivity index (χ0n) is 7.40. The Bertz CT molecular complexity index is 443. The number of rotatable bonds is 1. The highest BCUT2D eigenvalue weighted by Crippen LogP contribution is 2.33. The fourth-order valence-electron chi connectivity index (χ4n) is 0.957. The van der Waals surface area contributed by atoms with E-state index in [0.717, 1.165) is 6.07 Å². The normalized spacial score (nSPS) is 10.9. The Balaban J connectivity index is 3.15. The van der Waals surface area contributed by atoms with Crippen molar-refractivity contribution in [3.63, 3.8) is 0 Å². The highest BCUT2D eigenvalue weighted by molar-refractivity contribution is 6.31. The van der Waals surface area contributed by atoms with Crippen molar-refractivity contribution in [1.82, 2.24) is 0 Å². The quantitative estimate of drug-likeness (QED) is 0.721. The van der Waals surface area contributed by atoms with Crippen LogP contribution < -0.4 is 0 Å². The zero-order valence-corrected chi connectivity index (χ0v) is 8.15. The SMILES string of the molecule is C=C(c1ccc(C#N)c(Cl)c1)C(F)(F)F. The van der Waals surface area contributed by atoms with E-state index >= 15 is 0 Å². The summed E-state index contributed by atoms with van der Waals surface area (Å²) in [4.78, 5) is 0. The van der Waals surface area contributed by atoms with Crippen LogP contribution in [0.4, 0.5) is 13.2 Å². The Morgan fingerprint density at radius 3 is 2.40 bits per heavy atom. The molecule has 0 bridgehead atoms. The molecule has 0 saturated heterocycles. The molecule has 78 valence electrons. The molecule has 0 aliphatic heterocycles. The molecular weight excluding hydrogens is 227 g/mol. The highest BCUT2D eigenvalue weighted by atomic mass is 35.5. The average molecular weight is 232 g/mol. The number of nitriles is 1. The summed E-state index contributed by atoms with van der Waals surface area (Å²) in [5, 5.41) is 8.52. The first kappa shape index (κ1) is 11.6. The summed E-state index contributed by atoms with van der Waals surface area (Å²) in [6.45, 7) is 2.93. The molecule has 0 aromatic heterocycles. The van der Waals surface area contributed by atoms with E-state index in [1.54, 1.807) is 6.07 Å². The lowest BCUT2D eigenvalue weighted by Gasteiger charge is -2.10. The largest absolute Gasteiger partial charge is 0.416 e. The van der Waals surface area contributed by atoms with Crippen LogP contribution in [0, 0.1) is 11.3 Å². The third kappa shape index (κ3) is 2.51. The molecule has 0 unspecified atom stereocenters. The third-order valence-electron chi connectivity index (χ3n) is 1.78. The number of alkyl halides is 3. The van der Waals surface area contributed by atoms with Gasteiger partial charge in [-0.25, -0.2) is 0 Å². The first-order valence-electron chi connectivity index (χ1n) is 3.82. The first-order chi connectivity index (χ1) is 6.86. The molecule has 5 heteroatoms. The summed E-state index contributed by atoms with van der Waals surface area (Å²) in [6.07, 6.45) is -4.49. The summed E-state index contributed by atoms with van der Waals surface area (Å²) in [6, 6.07) is 5.23. The molecule has 0 aliphatic carbocycles. The minimum absolute atomic E-state index is 0.0135. The van der Waals surface area contributed by atoms with Gasteiger partial charge in [0.2, 0.25) is 0 Å². The molecule has 1 nitrogen and oxygen atoms in total. The minimum Gasteiger partial charge on any atom is -0.192 e. The molecule has 15 heavy (non-hydrogen) atoms. The molecule has 0 N–H and O–H groups in total. The lowest BCUT2D eigenvalue weighted by atomic mass is 10.1. The van der Waals surface area contributed by atoms with Crippen LogP contribution >= 0.6 is 11.6 Å². The summed E-state index contributed by atoms with van der Waals surface area (Å²) in [5.41, 5.74) is -0.976. The Hall–Kier alpha value is -1.47. The summed E-state index contributed by atoms with van der Waals surface area (Å²) < 4.78 is 36.7. The van der Waals surface area contributed by atoms with Crippen molar-refractivity contribution in [2.75, 3.05) is 0 Å². The molecule has 0 atom stereocenters. The zero-order chi connectivity index (χ0) is 11.6. The standard InChI is InChI=1S/C10H5ClF3N/c1-6(10(12,13)14)7-2-3-8(5-15)9(11)4-7/h2-4H,1H2. The van der Waals surface area contributed by atoms with Crippen LogP contribution in [0.1, 0.15) is 11.1 Å². The van der Waals surface area contributed by atoms with Gasteiger partial charge >= 0.3 is 6.18 Å². The van der Waals surface area contributed by atoms with E-state index in [1.165, 1.54) is 12.1 Å². The van der Waals surface area contributed by atoms with Gasteiger partial charge in [0.1, 0.15) is 6.07 Å². The molecule has 0 amide bonds. The Labute approximate surface area is 89.4 Å². The monoisotopic (exact) mass is 231 g/mol. The Kier molecular flexibility index (Phi) is 3.06. The Morgan fingerprint density at radius 1 is 1.40 bits per heavy atom. The fourth-order valence-corrected chi connectivity index (χ4v) is 1.18. The number of hydrogen-bond acceptors (Lipinski definition) is 1. The summed E-state index contributed by atoms with van der Waals surface area (Å²) >= 11 is 5.59. The topological polar surface area (TPSA) is 23.8 Å². The van der Waals surface area contributed by atoms with Crippen LogP contribution in [0.2, 0.25) is 5.02 Å². The molecule has 1 aromatic rings. The van der Waals surface area contributed by atoms with Gasteiger partial charge in [-0.15, -0.1) is 0 Å². The maximum Gasteiger partial charge on any atom is 0.416 e. The number of hydrogen-bond donors (Lipinski definition) is 0. The number of allylic oxidation sites excluding steroid dienone is 1. The van der Waals surface area contributed by atoms with Crippen LogP contribution in [-0.2, 0) is 0 Å². The van der Waals surface area contributed by atoms with E-state index < -0.39 is 11.7 Å². The van der Waals surface area contributed by atoms with Gasteiger partial charge in [-0.2, -0.15) is 18.4 Å². The van der Waals surface area contributed by atoms with Gasteiger partial charge in [0, 0.05) is 0 Å². The van der Waals surface area contributed by atoms with Crippen LogP contribution in [0.3, 0.4) is 0 Å². The van der Waals surface area contributed by atoms with E-state index in [-0.39, 0.29) is 16.1 Å². The van der Waals surface area contributed by atoms with Crippen molar-refractivity contribution >= 4 is 17.2 Å². The van der Waals surface area contributed by atoms with E-state index in [1.807, 2.05) is 0 Å². The minimum atomic E-state index is -4.49. The van der Waals surface area contributed by atoms with Crippen LogP contribution in [0.15, 0.2) is 24.8 Å². The fraction of sp³-hybridized carbons (Fsp3) is 0.100. The maximum atomic E-state index is 12.2. The molecule has 0 heterocycles. The van der Waals surface area contributed by atoms with Crippen LogP contribution in [0.25, 0.3) is 5.57 Å². The second kappa shape index (κ2) is 3.95. The van der Waals surface area contributed by atoms with Crippen molar-refractivity contribution < 1.29 is 13.2 Å². The molecule has 1 rings (SSSR count). The van der Waals surface area contributed by atoms with E-state index in [2.05, 4.69) is 6.58 Å². The Morgan fingerprint density at radius 2 is 2.00 bits per heavy atom. The predicted octanol–water partition coefficient (Wildman–Crippen LogP) is 3.79. The van der Waals surface area contributed by atoms with E-state index in [9.17, 15) is 13.2 Å². The molecule has 1 aromatic carbocycles. The summed E-state index contributed by atoms with van der Waals surface area (Å²) in [7, 11) is 0. The molecule has 0 saturated carbocycles. The maximum absolute atomic E-state index is 12.2. The van der Waals surface area contributed by atoms with Gasteiger partial charge in [0.25, 0.3) is 0 Å². The van der Waals surface area contributed by atoms with Crippen molar-refractivity contribution in [2.45, 2.75) is 6.18 Å². The smallest absolute Gasteiger partial charge is 0.192 e. The van der Waals surface area contributed by atoms with Crippen molar-refractivity contribution in [3.05, 3.63) is 40.9 Å². The van der Waals surface area contributed by atoms with Gasteiger partial charge in [0.05, 0.1) is 16.2 Å². The predicted molar refractivity (Wildman–Crippen MR) is 51.3 cm³/mol. The second-order valence-electron chi connectivity index (χ2n) is 2.78. The van der Waals surface area contributed by atoms with Gasteiger partial charge in [-0.05, 0) is 17.7 Å². The molecule has 0 aliphatic rings. The van der Waals surface area contributed by atoms with Gasteiger partial charge in [-0.3, -0.25) is 0 Å². The van der Waals surface area contributed by atoms with Crippen LogP contribution in [0.5, 0.6) is 0 Å². The molecule has 0 fully saturated rings. The lowest BCUT2D eigenvalue weighted by molar-refractivity contribution is -0.0686. The van der Waals surface area contributed by atoms with E-state index in [0.29, 0.717) is 0 Å². The lowest BCUT2D eigenvalue weighted by Crippen LogP contribution is -2.09. The van der Waals surface area contributed by atoms with Gasteiger partial charge < -0.3 is 0 Å². The molecular formula is C10H5ClF3N. The average Bonchev–Trinajstić information content (AvgIpc) is 2.15. The summed E-state index contributed by atoms with van der Waals surface area (Å²) in [5.74, 6) is 0. The van der Waals surface area contributed by atoms with Crippen molar-refractivity contribution in [3.8, 4) is 6.07 Å². The number of benzene rings is 1. The molecule has 0 spiro atoms. The van der Waals surface area contributed by atoms with Crippen molar-refractivity contribution in [2.24, 2.45) is 0 Å². The van der Waals surface area contributed by atoms with E-state index in [4.69, 9.17) is 16.9 Å². The third-order valence-corrected chi connectivity index (χ3v) is 2.09. The second-order valence-corrected chi connectivity index (χ2v) is 3.19. The van der Waals surface area contributed by atoms with Gasteiger partial charge in [-0.1, -0.05) is 24.2 Å². The van der Waals surface area contributed by atoms with Crippen LogP contribution in [-0.4, -0.2) is 6.18 Å². The van der Waals surface area contributed by atoms with Crippen molar-refractivity contribution in [1.29, 1.82) is 5.26 Å². The number of halogens is 4. The first-order valence-corrected chi connectivity index (χ1v) is 4.20. The number of nitrogens with zero attached hydrogens (tertiary/aromatic N) is 1. The van der Waals surface area contributed by atoms with Gasteiger partial charge in [0.15, 0.2) is 0 Å². The molecule has 0 radical (unpaired) electrons. The highest BCUT2D eigenvalue weighted by Gasteiger charge is 2.32.